The Morgan fingerprint density at radius 3 is 2.71 bits per heavy atom. The normalized spacial score (nSPS) is 42.5. The fourth-order valence-electron chi connectivity index (χ4n) is 10.5. The van der Waals surface area contributed by atoms with E-state index in [-0.39, 0.29) is 11.5 Å². The number of aliphatic hydroxyl groups excluding tert-OH is 1. The molecule has 4 saturated carbocycles. The Morgan fingerprint density at radius 2 is 1.95 bits per heavy atom. The molecule has 2 heterocycles. The molecule has 1 spiro atoms. The van der Waals surface area contributed by atoms with Crippen molar-refractivity contribution >= 4 is 11.8 Å². The minimum Gasteiger partial charge on any atom is -0.493 e. The summed E-state index contributed by atoms with van der Waals surface area (Å²) in [5.41, 5.74) is 4.10. The molecule has 1 aromatic carbocycles. The average Bonchev–Trinajstić information content (AvgIpc) is 3.07. The molecule has 2 aliphatic heterocycles. The first-order valence-electron chi connectivity index (χ1n) is 15.0. The second-order valence-corrected chi connectivity index (χ2v) is 15.6. The van der Waals surface area contributed by atoms with Crippen molar-refractivity contribution in [3.05, 3.63) is 35.4 Å². The maximum atomic E-state index is 10.3. The summed E-state index contributed by atoms with van der Waals surface area (Å²) >= 11 is 2.11. The number of hydrogen-bond donors (Lipinski definition) is 2. The highest BCUT2D eigenvalue weighted by Crippen LogP contribution is 2.66. The molecule has 0 saturated heterocycles. The molecule has 0 aromatic heterocycles. The number of aliphatic hydroxyl groups is 1. The van der Waals surface area contributed by atoms with Gasteiger partial charge < -0.3 is 19.9 Å². The van der Waals surface area contributed by atoms with Crippen LogP contribution in [0.25, 0.3) is 0 Å². The van der Waals surface area contributed by atoms with Gasteiger partial charge in [0.05, 0.1) is 18.6 Å². The Bertz CT molecular complexity index is 1100. The van der Waals surface area contributed by atoms with Gasteiger partial charge in [-0.2, -0.15) is 11.8 Å². The fraction of sp³-hybridized carbons (Fsp3) is 0.750. The van der Waals surface area contributed by atoms with Crippen LogP contribution < -0.4 is 14.8 Å². The molecule has 5 nitrogen and oxygen atoms in total. The van der Waals surface area contributed by atoms with Gasteiger partial charge in [-0.05, 0) is 79.9 Å². The zero-order valence-electron chi connectivity index (χ0n) is 23.6. The summed E-state index contributed by atoms with van der Waals surface area (Å²) in [5, 5.41) is 14.4. The van der Waals surface area contributed by atoms with E-state index in [4.69, 9.17) is 9.47 Å². The van der Waals surface area contributed by atoms with Crippen LogP contribution in [0.4, 0.5) is 0 Å². The van der Waals surface area contributed by atoms with Gasteiger partial charge in [-0.3, -0.25) is 4.90 Å². The van der Waals surface area contributed by atoms with Crippen LogP contribution in [0.5, 0.6) is 11.5 Å². The van der Waals surface area contributed by atoms with Gasteiger partial charge in [-0.1, -0.05) is 32.1 Å². The minimum atomic E-state index is -0.428. The Balaban J connectivity index is 0.956. The Morgan fingerprint density at radius 1 is 1.13 bits per heavy atom. The Labute approximate surface area is 233 Å². The lowest BCUT2D eigenvalue weighted by Gasteiger charge is -2.65. The van der Waals surface area contributed by atoms with Crippen LogP contribution in [-0.2, 0) is 12.0 Å². The van der Waals surface area contributed by atoms with Gasteiger partial charge in [-0.15, -0.1) is 0 Å². The molecule has 208 valence electrons. The molecule has 6 heteroatoms. The standard InChI is InChI=1S/C32H46N2O3S/c1-29-15-22-16-30(2,19-29)21-31(17-22,20-29)33-9-12-38-13-11-34-10-8-32-7-6-24(35)14-26(32)37-28-25(36-3)5-4-23(18-34)27(28)32/h4-7,22,24,26,33,35H,8-21H2,1-3H3/t22?,24-,26-,29?,30?,31?,32-/m0/s1. The third-order valence-corrected chi connectivity index (χ3v) is 11.9. The summed E-state index contributed by atoms with van der Waals surface area (Å²) in [5.74, 6) is 5.05. The fourth-order valence-corrected chi connectivity index (χ4v) is 11.4. The smallest absolute Gasteiger partial charge is 0.166 e. The van der Waals surface area contributed by atoms with Gasteiger partial charge in [0.25, 0.3) is 0 Å². The summed E-state index contributed by atoms with van der Waals surface area (Å²) in [6.07, 6.45) is 14.1. The summed E-state index contributed by atoms with van der Waals surface area (Å²) in [4.78, 5) is 2.63. The largest absolute Gasteiger partial charge is 0.493 e. The third-order valence-electron chi connectivity index (χ3n) is 11.0. The molecule has 7 aliphatic rings. The lowest BCUT2D eigenvalue weighted by atomic mass is 9.43. The van der Waals surface area contributed by atoms with Crippen molar-refractivity contribution in [1.29, 1.82) is 0 Å². The first-order valence-corrected chi connectivity index (χ1v) is 16.2. The topological polar surface area (TPSA) is 54.0 Å². The summed E-state index contributed by atoms with van der Waals surface area (Å²) in [7, 11) is 1.72. The van der Waals surface area contributed by atoms with E-state index in [0.717, 1.165) is 50.0 Å². The number of methoxy groups -OCH3 is 1. The summed E-state index contributed by atoms with van der Waals surface area (Å²) in [6.45, 7) is 9.41. The van der Waals surface area contributed by atoms with Crippen molar-refractivity contribution in [2.24, 2.45) is 16.7 Å². The maximum Gasteiger partial charge on any atom is 0.166 e. The number of nitrogens with zero attached hydrogens (tertiary/aromatic N) is 1. The molecular weight excluding hydrogens is 492 g/mol. The number of hydrogen-bond acceptors (Lipinski definition) is 6. The van der Waals surface area contributed by atoms with E-state index in [0.29, 0.717) is 22.8 Å². The molecule has 2 unspecified atom stereocenters. The highest BCUT2D eigenvalue weighted by atomic mass is 32.2. The minimum absolute atomic E-state index is 0.0120. The van der Waals surface area contributed by atoms with Crippen LogP contribution in [0.1, 0.15) is 76.3 Å². The van der Waals surface area contributed by atoms with Crippen molar-refractivity contribution in [3.8, 4) is 11.5 Å². The number of thioether (sulfide) groups is 1. The zero-order chi connectivity index (χ0) is 26.2. The van der Waals surface area contributed by atoms with Gasteiger partial charge in [0.1, 0.15) is 6.10 Å². The molecule has 1 aromatic rings. The summed E-state index contributed by atoms with van der Waals surface area (Å²) < 4.78 is 12.2. The number of nitrogens with one attached hydrogen (secondary N) is 1. The van der Waals surface area contributed by atoms with Crippen LogP contribution in [0.2, 0.25) is 0 Å². The van der Waals surface area contributed by atoms with E-state index in [1.807, 2.05) is 6.08 Å². The molecule has 5 atom stereocenters. The van der Waals surface area contributed by atoms with Crippen LogP contribution in [0.3, 0.4) is 0 Å². The van der Waals surface area contributed by atoms with Gasteiger partial charge in [0, 0.05) is 48.7 Å². The number of benzene rings is 1. The zero-order valence-corrected chi connectivity index (χ0v) is 24.4. The maximum absolute atomic E-state index is 10.3. The molecule has 38 heavy (non-hydrogen) atoms. The Kier molecular flexibility index (Phi) is 6.20. The first kappa shape index (κ1) is 25.7. The monoisotopic (exact) mass is 538 g/mol. The Hall–Kier alpha value is -1.21. The van der Waals surface area contributed by atoms with Crippen LogP contribution in [0, 0.1) is 16.7 Å². The quantitative estimate of drug-likeness (QED) is 0.346. The molecule has 4 bridgehead atoms. The van der Waals surface area contributed by atoms with Crippen LogP contribution in [-0.4, -0.2) is 66.0 Å². The van der Waals surface area contributed by atoms with Crippen molar-refractivity contribution in [2.75, 3.05) is 38.2 Å². The van der Waals surface area contributed by atoms with Crippen molar-refractivity contribution in [1.82, 2.24) is 10.2 Å². The highest BCUT2D eigenvalue weighted by Gasteiger charge is 2.59. The van der Waals surface area contributed by atoms with E-state index in [2.05, 4.69) is 54.0 Å². The third kappa shape index (κ3) is 4.24. The second kappa shape index (κ2) is 9.15. The van der Waals surface area contributed by atoms with Crippen molar-refractivity contribution < 1.29 is 14.6 Å². The second-order valence-electron chi connectivity index (χ2n) is 14.4. The molecule has 8 rings (SSSR count). The SMILES string of the molecule is COc1ccc2c3c1O[C@H]1C[C@@H](O)C=C[C@@]31CCN(CCSCCNC13CC4CC(C)(CC(C)(C4)C1)C3)C2. The molecule has 0 amide bonds. The van der Waals surface area contributed by atoms with Crippen LogP contribution in [0.15, 0.2) is 24.3 Å². The van der Waals surface area contributed by atoms with Crippen molar-refractivity contribution in [3.63, 3.8) is 0 Å². The predicted molar refractivity (Wildman–Crippen MR) is 154 cm³/mol. The van der Waals surface area contributed by atoms with Gasteiger partial charge >= 0.3 is 0 Å². The molecular formula is C32H46N2O3S. The summed E-state index contributed by atoms with van der Waals surface area (Å²) in [6, 6.07) is 4.31. The van der Waals surface area contributed by atoms with Gasteiger partial charge in [-0.25, -0.2) is 0 Å². The number of rotatable bonds is 8. The van der Waals surface area contributed by atoms with E-state index < -0.39 is 6.10 Å². The van der Waals surface area contributed by atoms with Crippen molar-refractivity contribution in [2.45, 2.75) is 94.9 Å². The molecule has 0 radical (unpaired) electrons. The highest BCUT2D eigenvalue weighted by molar-refractivity contribution is 7.99. The molecule has 4 fully saturated rings. The van der Waals surface area contributed by atoms with E-state index >= 15 is 0 Å². The van der Waals surface area contributed by atoms with Gasteiger partial charge in [0.2, 0.25) is 0 Å². The average molecular weight is 539 g/mol. The van der Waals surface area contributed by atoms with E-state index in [1.54, 1.807) is 7.11 Å². The molecule has 2 N–H and O–H groups in total. The lowest BCUT2D eigenvalue weighted by molar-refractivity contribution is -0.117. The lowest BCUT2D eigenvalue weighted by Crippen LogP contribution is -2.64. The van der Waals surface area contributed by atoms with Gasteiger partial charge in [0.15, 0.2) is 11.5 Å². The predicted octanol–water partition coefficient (Wildman–Crippen LogP) is 5.29. The first-order chi connectivity index (χ1) is 18.2. The van der Waals surface area contributed by atoms with E-state index in [1.165, 1.54) is 61.2 Å². The number of ether oxygens (including phenoxy) is 2. The molecule has 5 aliphatic carbocycles. The van der Waals surface area contributed by atoms with Crippen LogP contribution >= 0.6 is 11.8 Å². The van der Waals surface area contributed by atoms with E-state index in [9.17, 15) is 5.11 Å².